The molecule has 2 aliphatic rings. The van der Waals surface area contributed by atoms with Crippen molar-refractivity contribution in [3.8, 4) is 0 Å². The van der Waals surface area contributed by atoms with Crippen LogP contribution < -0.4 is 5.32 Å². The number of amides is 2. The van der Waals surface area contributed by atoms with Crippen molar-refractivity contribution in [1.29, 1.82) is 0 Å². The van der Waals surface area contributed by atoms with E-state index in [-0.39, 0.29) is 12.0 Å². The van der Waals surface area contributed by atoms with Gasteiger partial charge in [0.25, 0.3) is 0 Å². The van der Waals surface area contributed by atoms with Gasteiger partial charge in [0, 0.05) is 12.3 Å². The van der Waals surface area contributed by atoms with Gasteiger partial charge >= 0.3 is 6.09 Å². The molecule has 1 N–H and O–H groups in total. The molecule has 5 nitrogen and oxygen atoms in total. The maximum absolute atomic E-state index is 12.5. The van der Waals surface area contributed by atoms with E-state index in [1.807, 2.05) is 4.90 Å². The Morgan fingerprint density at radius 2 is 2.08 bits per heavy atom. The van der Waals surface area contributed by atoms with Gasteiger partial charge in [0.15, 0.2) is 0 Å². The molecule has 2 amide bonds. The number of rotatable bonds is 4. The van der Waals surface area contributed by atoms with Crippen molar-refractivity contribution in [3.05, 3.63) is 34.9 Å². The number of benzene rings is 1. The van der Waals surface area contributed by atoms with Crippen LogP contribution in [-0.2, 0) is 15.3 Å². The summed E-state index contributed by atoms with van der Waals surface area (Å²) in [5.74, 6) is 1.43. The molecular formula is C18H24N2O3S. The summed E-state index contributed by atoms with van der Waals surface area (Å²) in [4.78, 5) is 25.7. The Morgan fingerprint density at radius 3 is 2.75 bits per heavy atom. The molecule has 130 valence electrons. The highest BCUT2D eigenvalue weighted by atomic mass is 32.2. The number of ether oxygens (including phenoxy) is 1. The molecule has 1 atom stereocenters. The molecule has 1 aromatic carbocycles. The van der Waals surface area contributed by atoms with Crippen molar-refractivity contribution >= 4 is 23.8 Å². The lowest BCUT2D eigenvalue weighted by molar-refractivity contribution is -0.133. The number of nitrogens with one attached hydrogen (secondary N) is 1. The molecule has 0 radical (unpaired) electrons. The molecule has 0 bridgehead atoms. The highest BCUT2D eigenvalue weighted by Gasteiger charge is 2.44. The van der Waals surface area contributed by atoms with Crippen LogP contribution in [0.15, 0.2) is 18.2 Å². The van der Waals surface area contributed by atoms with Crippen LogP contribution in [0.4, 0.5) is 4.79 Å². The predicted octanol–water partition coefficient (Wildman–Crippen LogP) is 2.64. The lowest BCUT2D eigenvalue weighted by atomic mass is 9.93. The van der Waals surface area contributed by atoms with E-state index in [9.17, 15) is 9.59 Å². The van der Waals surface area contributed by atoms with E-state index in [0.717, 1.165) is 25.1 Å². The Hall–Kier alpha value is -1.69. The molecular weight excluding hydrogens is 324 g/mol. The first-order chi connectivity index (χ1) is 11.5. The average molecular weight is 348 g/mol. The quantitative estimate of drug-likeness (QED) is 0.909. The van der Waals surface area contributed by atoms with Gasteiger partial charge in [0.2, 0.25) is 5.91 Å². The molecule has 2 aliphatic heterocycles. The number of carbonyl (C=O) groups excluding carboxylic acids is 2. The molecule has 24 heavy (non-hydrogen) atoms. The fourth-order valence-electron chi connectivity index (χ4n) is 3.54. The third-order valence-corrected chi connectivity index (χ3v) is 5.52. The lowest BCUT2D eigenvalue weighted by Crippen LogP contribution is -2.52. The minimum Gasteiger partial charge on any atom is -0.439 e. The van der Waals surface area contributed by atoms with Crippen LogP contribution in [0.5, 0.6) is 0 Å². The molecule has 6 heteroatoms. The molecule has 0 saturated carbocycles. The van der Waals surface area contributed by atoms with Crippen molar-refractivity contribution in [2.24, 2.45) is 0 Å². The summed E-state index contributed by atoms with van der Waals surface area (Å²) in [7, 11) is 0. The van der Waals surface area contributed by atoms with Gasteiger partial charge < -0.3 is 15.0 Å². The van der Waals surface area contributed by atoms with Crippen LogP contribution in [0.25, 0.3) is 0 Å². The van der Waals surface area contributed by atoms with Crippen molar-refractivity contribution in [2.45, 2.75) is 38.0 Å². The fraction of sp³-hybridized carbons (Fsp3) is 0.556. The van der Waals surface area contributed by atoms with Gasteiger partial charge in [-0.25, -0.2) is 4.79 Å². The molecule has 2 fully saturated rings. The Balaban J connectivity index is 1.50. The van der Waals surface area contributed by atoms with Gasteiger partial charge in [-0.3, -0.25) is 4.79 Å². The van der Waals surface area contributed by atoms with Gasteiger partial charge in [-0.05, 0) is 32.3 Å². The van der Waals surface area contributed by atoms with Crippen LogP contribution in [0.1, 0.15) is 29.5 Å². The van der Waals surface area contributed by atoms with Crippen molar-refractivity contribution in [2.75, 3.05) is 25.4 Å². The van der Waals surface area contributed by atoms with Crippen LogP contribution in [0, 0.1) is 13.8 Å². The molecule has 0 aromatic heterocycles. The Bertz CT molecular complexity index is 629. The first kappa shape index (κ1) is 17.1. The molecule has 2 heterocycles. The third-order valence-electron chi connectivity index (χ3n) is 4.53. The monoisotopic (exact) mass is 348 g/mol. The number of aryl methyl sites for hydroxylation is 2. The number of nitrogens with zero attached hydrogens (tertiary/aromatic N) is 1. The maximum atomic E-state index is 12.5. The largest absolute Gasteiger partial charge is 0.439 e. The van der Waals surface area contributed by atoms with E-state index in [4.69, 9.17) is 4.74 Å². The first-order valence-corrected chi connectivity index (χ1v) is 9.51. The second-order valence-electron chi connectivity index (χ2n) is 6.83. The number of alkyl carbamates (subject to hydrolysis) is 1. The third kappa shape index (κ3) is 4.04. The number of carbonyl (C=O) groups is 2. The minimum atomic E-state index is -0.511. The van der Waals surface area contributed by atoms with Crippen LogP contribution in [-0.4, -0.2) is 47.9 Å². The molecule has 2 saturated heterocycles. The topological polar surface area (TPSA) is 58.6 Å². The molecule has 0 unspecified atom stereocenters. The summed E-state index contributed by atoms with van der Waals surface area (Å²) in [6.45, 7) is 5.95. The summed E-state index contributed by atoms with van der Waals surface area (Å²) in [6, 6.07) is 6.50. The standard InChI is InChI=1S/C18H24N2O3S/c1-13-6-14(2)8-15(7-13)9-24-10-16(21)20-5-3-4-18(12-20)11-19-17(22)23-18/h6-8H,3-5,9-12H2,1-2H3,(H,19,22)/t18-/m0/s1. The fourth-order valence-corrected chi connectivity index (χ4v) is 4.40. The summed E-state index contributed by atoms with van der Waals surface area (Å²) < 4.78 is 5.42. The van der Waals surface area contributed by atoms with E-state index < -0.39 is 5.60 Å². The van der Waals surface area contributed by atoms with Crippen LogP contribution >= 0.6 is 11.8 Å². The number of hydrogen-bond acceptors (Lipinski definition) is 4. The number of likely N-dealkylation sites (tertiary alicyclic amines) is 1. The molecule has 1 spiro atoms. The normalized spacial score (nSPS) is 23.2. The summed E-state index contributed by atoms with van der Waals surface area (Å²) in [6.07, 6.45) is 1.33. The second-order valence-corrected chi connectivity index (χ2v) is 7.82. The molecule has 0 aliphatic carbocycles. The van der Waals surface area contributed by atoms with Gasteiger partial charge in [-0.2, -0.15) is 0 Å². The predicted molar refractivity (Wildman–Crippen MR) is 95.1 cm³/mol. The van der Waals surface area contributed by atoms with Crippen LogP contribution in [0.3, 0.4) is 0 Å². The van der Waals surface area contributed by atoms with Crippen molar-refractivity contribution in [3.63, 3.8) is 0 Å². The van der Waals surface area contributed by atoms with E-state index in [1.165, 1.54) is 16.7 Å². The van der Waals surface area contributed by atoms with E-state index in [1.54, 1.807) is 11.8 Å². The van der Waals surface area contributed by atoms with Crippen molar-refractivity contribution in [1.82, 2.24) is 10.2 Å². The molecule has 3 rings (SSSR count). The maximum Gasteiger partial charge on any atom is 0.407 e. The molecule has 1 aromatic rings. The number of piperidine rings is 1. The smallest absolute Gasteiger partial charge is 0.407 e. The zero-order chi connectivity index (χ0) is 17.2. The van der Waals surface area contributed by atoms with Gasteiger partial charge in [-0.15, -0.1) is 11.8 Å². The average Bonchev–Trinajstić information content (AvgIpc) is 2.86. The van der Waals surface area contributed by atoms with E-state index in [0.29, 0.717) is 18.8 Å². The van der Waals surface area contributed by atoms with E-state index >= 15 is 0 Å². The Kier molecular flexibility index (Phi) is 5.04. The van der Waals surface area contributed by atoms with Gasteiger partial charge in [0.05, 0.1) is 18.8 Å². The zero-order valence-electron chi connectivity index (χ0n) is 14.3. The Labute approximate surface area is 147 Å². The summed E-state index contributed by atoms with van der Waals surface area (Å²) in [5.41, 5.74) is 3.26. The minimum absolute atomic E-state index is 0.131. The van der Waals surface area contributed by atoms with Crippen molar-refractivity contribution < 1.29 is 14.3 Å². The highest BCUT2D eigenvalue weighted by molar-refractivity contribution is 7.99. The van der Waals surface area contributed by atoms with Gasteiger partial charge in [-0.1, -0.05) is 29.3 Å². The first-order valence-electron chi connectivity index (χ1n) is 8.35. The highest BCUT2D eigenvalue weighted by Crippen LogP contribution is 2.28. The summed E-state index contributed by atoms with van der Waals surface area (Å²) >= 11 is 1.64. The SMILES string of the molecule is Cc1cc(C)cc(CSCC(=O)N2CCC[C@]3(CNC(=O)O3)C2)c1. The summed E-state index contributed by atoms with van der Waals surface area (Å²) in [5, 5.41) is 2.71. The van der Waals surface area contributed by atoms with E-state index in [2.05, 4.69) is 37.4 Å². The number of thioether (sulfide) groups is 1. The van der Waals surface area contributed by atoms with Gasteiger partial charge in [0.1, 0.15) is 5.60 Å². The lowest BCUT2D eigenvalue weighted by Gasteiger charge is -2.38. The Morgan fingerprint density at radius 1 is 1.33 bits per heavy atom. The zero-order valence-corrected chi connectivity index (χ0v) is 15.1. The number of hydrogen-bond donors (Lipinski definition) is 1. The second kappa shape index (κ2) is 7.05. The van der Waals surface area contributed by atoms with Crippen LogP contribution in [0.2, 0.25) is 0 Å².